The molecule has 1 atom stereocenters. The van der Waals surface area contributed by atoms with Gasteiger partial charge in [-0.3, -0.25) is 9.59 Å². The lowest BCUT2D eigenvalue weighted by Gasteiger charge is -2.31. The highest BCUT2D eigenvalue weighted by Crippen LogP contribution is 2.40. The maximum atomic E-state index is 13.7. The van der Waals surface area contributed by atoms with Crippen molar-refractivity contribution in [1.29, 1.82) is 0 Å². The summed E-state index contributed by atoms with van der Waals surface area (Å²) in [4.78, 5) is 24.5. The molecule has 2 N–H and O–H groups in total. The molecule has 8 nitrogen and oxygen atoms in total. The third-order valence-corrected chi connectivity index (χ3v) is 5.83. The van der Waals surface area contributed by atoms with Crippen LogP contribution >= 0.6 is 0 Å². The highest BCUT2D eigenvalue weighted by molar-refractivity contribution is 5.82. The van der Waals surface area contributed by atoms with E-state index in [-0.39, 0.29) is 24.1 Å². The number of aromatic hydroxyl groups is 1. The summed E-state index contributed by atoms with van der Waals surface area (Å²) in [7, 11) is 0. The fourth-order valence-electron chi connectivity index (χ4n) is 4.33. The van der Waals surface area contributed by atoms with Gasteiger partial charge in [-0.1, -0.05) is 44.7 Å². The van der Waals surface area contributed by atoms with Crippen LogP contribution < -0.4 is 14.2 Å². The van der Waals surface area contributed by atoms with Gasteiger partial charge in [-0.25, -0.2) is 0 Å². The van der Waals surface area contributed by atoms with Crippen LogP contribution in [0, 0.1) is 0 Å². The molecule has 0 spiro atoms. The van der Waals surface area contributed by atoms with Crippen LogP contribution in [0.1, 0.15) is 71.2 Å². The Hall–Kier alpha value is -4.20. The van der Waals surface area contributed by atoms with Crippen LogP contribution in [0.4, 0.5) is 0 Å². The standard InChI is InChI=1S/C29H35NO5.C2H4O2.C2H6/c1-6-10-11-12-20(5)30-24(21-13-14-25(31)26(16-21)33-7-2)15-22-17-27(34-8-3)28(35-9-4)18-23(22)19-29(30)32;1-2(3)4;1-2/h6,10-14,16-18,24,31H,1,7-9,15,19H2,2-5H3;1H3,(H,3,4);1-2H3/b11-10-,20-12+;;. The highest BCUT2D eigenvalue weighted by atomic mass is 16.5. The van der Waals surface area contributed by atoms with Crippen molar-refractivity contribution in [3.8, 4) is 23.0 Å². The van der Waals surface area contributed by atoms with Gasteiger partial charge in [-0.2, -0.15) is 0 Å². The van der Waals surface area contributed by atoms with E-state index in [4.69, 9.17) is 24.1 Å². The Morgan fingerprint density at radius 2 is 1.49 bits per heavy atom. The lowest BCUT2D eigenvalue weighted by molar-refractivity contribution is -0.134. The molecule has 3 rings (SSSR count). The number of carbonyl (C=O) groups is 2. The van der Waals surface area contributed by atoms with Crippen molar-refractivity contribution < 1.29 is 34.0 Å². The molecule has 0 saturated carbocycles. The number of carbonyl (C=O) groups excluding carboxylic acids is 1. The first-order chi connectivity index (χ1) is 19.7. The Labute approximate surface area is 244 Å². The van der Waals surface area contributed by atoms with Crippen molar-refractivity contribution in [3.63, 3.8) is 0 Å². The zero-order chi connectivity index (χ0) is 30.9. The highest BCUT2D eigenvalue weighted by Gasteiger charge is 2.32. The molecule has 0 radical (unpaired) electrons. The van der Waals surface area contributed by atoms with E-state index in [1.807, 2.05) is 88.9 Å². The molecule has 1 aliphatic heterocycles. The lowest BCUT2D eigenvalue weighted by Crippen LogP contribution is -2.33. The number of phenols is 1. The van der Waals surface area contributed by atoms with Crippen molar-refractivity contribution in [2.75, 3.05) is 19.8 Å². The Kier molecular flexibility index (Phi) is 15.5. The van der Waals surface area contributed by atoms with Gasteiger partial charge in [0.05, 0.1) is 32.3 Å². The predicted octanol–water partition coefficient (Wildman–Crippen LogP) is 7.02. The normalized spacial score (nSPS) is 14.5. The van der Waals surface area contributed by atoms with Crippen LogP contribution in [-0.2, 0) is 22.4 Å². The number of nitrogens with zero attached hydrogens (tertiary/aromatic N) is 1. The molecular weight excluding hydrogens is 522 g/mol. The summed E-state index contributed by atoms with van der Waals surface area (Å²) < 4.78 is 17.3. The van der Waals surface area contributed by atoms with E-state index in [9.17, 15) is 9.90 Å². The number of ether oxygens (including phenoxy) is 3. The second-order valence-electron chi connectivity index (χ2n) is 8.70. The zero-order valence-electron chi connectivity index (χ0n) is 25.4. The third-order valence-electron chi connectivity index (χ3n) is 5.83. The van der Waals surface area contributed by atoms with Gasteiger partial charge < -0.3 is 29.3 Å². The topological polar surface area (TPSA) is 106 Å². The Morgan fingerprint density at radius 3 is 2.02 bits per heavy atom. The summed E-state index contributed by atoms with van der Waals surface area (Å²) in [6.07, 6.45) is 8.11. The lowest BCUT2D eigenvalue weighted by atomic mass is 9.95. The number of carboxylic acids is 1. The summed E-state index contributed by atoms with van der Waals surface area (Å²) in [5.74, 6) is 0.942. The first-order valence-electron chi connectivity index (χ1n) is 14.0. The van der Waals surface area contributed by atoms with E-state index in [0.717, 1.165) is 29.3 Å². The van der Waals surface area contributed by atoms with Crippen LogP contribution in [-0.4, -0.2) is 46.8 Å². The second-order valence-corrected chi connectivity index (χ2v) is 8.70. The Bertz CT molecular complexity index is 1210. The fraction of sp³-hybridized carbons (Fsp3) is 0.394. The van der Waals surface area contributed by atoms with E-state index >= 15 is 0 Å². The third kappa shape index (κ3) is 10.4. The van der Waals surface area contributed by atoms with Gasteiger partial charge in [0, 0.05) is 12.6 Å². The number of rotatable bonds is 10. The maximum absolute atomic E-state index is 13.7. The minimum absolute atomic E-state index is 0.0212. The van der Waals surface area contributed by atoms with Crippen molar-refractivity contribution in [2.24, 2.45) is 0 Å². The molecule has 2 aromatic rings. The van der Waals surface area contributed by atoms with Crippen molar-refractivity contribution in [3.05, 3.63) is 83.6 Å². The number of phenolic OH excluding ortho intramolecular Hbond substituents is 1. The van der Waals surface area contributed by atoms with Gasteiger partial charge in [0.1, 0.15) is 0 Å². The molecule has 1 unspecified atom stereocenters. The number of aliphatic carboxylic acids is 1. The van der Waals surface area contributed by atoms with E-state index in [1.54, 1.807) is 12.1 Å². The van der Waals surface area contributed by atoms with E-state index in [2.05, 4.69) is 6.58 Å². The maximum Gasteiger partial charge on any atom is 0.300 e. The molecule has 1 amide bonds. The Balaban J connectivity index is 0.00000129. The van der Waals surface area contributed by atoms with Crippen molar-refractivity contribution >= 4 is 11.9 Å². The fourth-order valence-corrected chi connectivity index (χ4v) is 4.33. The quantitative estimate of drug-likeness (QED) is 0.297. The number of allylic oxidation sites excluding steroid dienone is 5. The average Bonchev–Trinajstić information content (AvgIpc) is 3.07. The molecular formula is C33H45NO7. The van der Waals surface area contributed by atoms with E-state index in [1.165, 1.54) is 0 Å². The second kappa shape index (κ2) is 18.2. The van der Waals surface area contributed by atoms with Crippen molar-refractivity contribution in [2.45, 2.75) is 67.3 Å². The van der Waals surface area contributed by atoms with Gasteiger partial charge in [-0.05, 0) is 81.1 Å². The number of carboxylic acid groups (broad SMARTS) is 1. The minimum Gasteiger partial charge on any atom is -0.504 e. The van der Waals surface area contributed by atoms with E-state index < -0.39 is 5.97 Å². The van der Waals surface area contributed by atoms with Crippen LogP contribution in [0.25, 0.3) is 0 Å². The van der Waals surface area contributed by atoms with Crippen LogP contribution in [0.15, 0.2) is 66.9 Å². The van der Waals surface area contributed by atoms with Crippen LogP contribution in [0.3, 0.4) is 0 Å². The number of hydrogen-bond acceptors (Lipinski definition) is 6. The van der Waals surface area contributed by atoms with Crippen LogP contribution in [0.2, 0.25) is 0 Å². The molecule has 0 fully saturated rings. The number of hydrogen-bond donors (Lipinski definition) is 2. The summed E-state index contributed by atoms with van der Waals surface area (Å²) in [5.41, 5.74) is 3.64. The molecule has 0 aliphatic carbocycles. The minimum atomic E-state index is -0.833. The van der Waals surface area contributed by atoms with Gasteiger partial charge in [0.2, 0.25) is 5.91 Å². The van der Waals surface area contributed by atoms with E-state index in [0.29, 0.717) is 43.5 Å². The van der Waals surface area contributed by atoms with Crippen molar-refractivity contribution in [1.82, 2.24) is 4.90 Å². The molecule has 1 heterocycles. The summed E-state index contributed by atoms with van der Waals surface area (Å²) in [6, 6.07) is 8.91. The summed E-state index contributed by atoms with van der Waals surface area (Å²) in [5, 5.41) is 17.7. The monoisotopic (exact) mass is 567 g/mol. The molecule has 8 heteroatoms. The molecule has 2 aromatic carbocycles. The SMILES string of the molecule is C=C/C=C\C=C(/C)N1C(=O)Cc2cc(OCC)c(OCC)cc2CC1c1ccc(O)c(OCC)c1.CC.CC(=O)O. The van der Waals surface area contributed by atoms with Gasteiger partial charge in [0.15, 0.2) is 23.0 Å². The number of fused-ring (bicyclic) bond motifs is 1. The van der Waals surface area contributed by atoms with Gasteiger partial charge in [-0.15, -0.1) is 0 Å². The molecule has 0 bridgehead atoms. The zero-order valence-corrected chi connectivity index (χ0v) is 25.4. The molecule has 0 saturated heterocycles. The first kappa shape index (κ1) is 34.8. The Morgan fingerprint density at radius 1 is 0.951 bits per heavy atom. The first-order valence-corrected chi connectivity index (χ1v) is 14.0. The summed E-state index contributed by atoms with van der Waals surface area (Å²) in [6.45, 7) is 17.9. The predicted molar refractivity (Wildman–Crippen MR) is 163 cm³/mol. The average molecular weight is 568 g/mol. The molecule has 41 heavy (non-hydrogen) atoms. The largest absolute Gasteiger partial charge is 0.504 e. The van der Waals surface area contributed by atoms with Crippen LogP contribution in [0.5, 0.6) is 23.0 Å². The number of amides is 1. The van der Waals surface area contributed by atoms with Gasteiger partial charge in [0.25, 0.3) is 5.97 Å². The van der Waals surface area contributed by atoms with Gasteiger partial charge >= 0.3 is 0 Å². The number of benzene rings is 2. The smallest absolute Gasteiger partial charge is 0.300 e. The summed E-state index contributed by atoms with van der Waals surface area (Å²) >= 11 is 0. The molecule has 1 aliphatic rings. The molecule has 0 aromatic heterocycles. The molecule has 224 valence electrons.